The van der Waals surface area contributed by atoms with Gasteiger partial charge in [0.15, 0.2) is 0 Å². The lowest BCUT2D eigenvalue weighted by molar-refractivity contribution is -0.384. The summed E-state index contributed by atoms with van der Waals surface area (Å²) in [4.78, 5) is 22.0. The van der Waals surface area contributed by atoms with E-state index in [0.29, 0.717) is 5.56 Å². The fourth-order valence-corrected chi connectivity index (χ4v) is 3.14. The molecule has 5 nitrogen and oxygen atoms in total. The quantitative estimate of drug-likeness (QED) is 0.482. The Bertz CT molecular complexity index is 653. The van der Waals surface area contributed by atoms with Gasteiger partial charge in [-0.1, -0.05) is 0 Å². The summed E-state index contributed by atoms with van der Waals surface area (Å²) in [5, 5.41) is 14.8. The van der Waals surface area contributed by atoms with E-state index in [-0.39, 0.29) is 11.3 Å². The molecular weight excluding hydrogens is 334 g/mol. The zero-order valence-corrected chi connectivity index (χ0v) is 12.2. The standard InChI is InChI=1S/C12H8BrNO4S/c1-18-12(15)7-2-3-8(11(4-7)14(16)17)9-5-19-6-10(9)13/h2-6H,1H3. The summed E-state index contributed by atoms with van der Waals surface area (Å²) in [6.45, 7) is 0. The zero-order valence-electron chi connectivity index (χ0n) is 9.75. The molecule has 1 aromatic heterocycles. The highest BCUT2D eigenvalue weighted by atomic mass is 79.9. The van der Waals surface area contributed by atoms with Gasteiger partial charge in [0.1, 0.15) is 0 Å². The van der Waals surface area contributed by atoms with E-state index in [9.17, 15) is 14.9 Å². The van der Waals surface area contributed by atoms with Crippen molar-refractivity contribution >= 4 is 38.9 Å². The molecule has 0 bridgehead atoms. The van der Waals surface area contributed by atoms with E-state index in [4.69, 9.17) is 0 Å². The van der Waals surface area contributed by atoms with Gasteiger partial charge in [0.25, 0.3) is 5.69 Å². The molecule has 0 aliphatic carbocycles. The first kappa shape index (κ1) is 13.7. The first-order chi connectivity index (χ1) is 9.04. The monoisotopic (exact) mass is 341 g/mol. The Morgan fingerprint density at radius 2 is 2.11 bits per heavy atom. The second-order valence-electron chi connectivity index (χ2n) is 3.61. The first-order valence-corrected chi connectivity index (χ1v) is 6.87. The number of carbonyl (C=O) groups excluding carboxylic acids is 1. The van der Waals surface area contributed by atoms with Gasteiger partial charge in [0.05, 0.1) is 23.2 Å². The third-order valence-electron chi connectivity index (χ3n) is 2.52. The van der Waals surface area contributed by atoms with Crippen molar-refractivity contribution < 1.29 is 14.5 Å². The molecule has 0 aliphatic heterocycles. The summed E-state index contributed by atoms with van der Waals surface area (Å²) in [6, 6.07) is 4.29. The van der Waals surface area contributed by atoms with E-state index in [1.807, 2.05) is 10.8 Å². The molecule has 0 amide bonds. The largest absolute Gasteiger partial charge is 0.465 e. The smallest absolute Gasteiger partial charge is 0.338 e. The lowest BCUT2D eigenvalue weighted by Crippen LogP contribution is -2.02. The Labute approximate surface area is 121 Å². The van der Waals surface area contributed by atoms with E-state index in [0.717, 1.165) is 10.0 Å². The lowest BCUT2D eigenvalue weighted by atomic mass is 10.0. The van der Waals surface area contributed by atoms with Gasteiger partial charge >= 0.3 is 5.97 Å². The normalized spacial score (nSPS) is 10.2. The van der Waals surface area contributed by atoms with Gasteiger partial charge in [-0.05, 0) is 33.4 Å². The van der Waals surface area contributed by atoms with Crippen LogP contribution >= 0.6 is 27.3 Å². The van der Waals surface area contributed by atoms with E-state index >= 15 is 0 Å². The predicted octanol–water partition coefficient (Wildman–Crippen LogP) is 3.87. The van der Waals surface area contributed by atoms with Crippen LogP contribution in [0.1, 0.15) is 10.4 Å². The summed E-state index contributed by atoms with van der Waals surface area (Å²) >= 11 is 4.78. The molecule has 1 aromatic carbocycles. The Kier molecular flexibility index (Phi) is 3.96. The Hall–Kier alpha value is -1.73. The third kappa shape index (κ3) is 2.66. The van der Waals surface area contributed by atoms with Crippen LogP contribution in [0.15, 0.2) is 33.4 Å². The lowest BCUT2D eigenvalue weighted by Gasteiger charge is -2.04. The van der Waals surface area contributed by atoms with Crippen molar-refractivity contribution in [2.24, 2.45) is 0 Å². The summed E-state index contributed by atoms with van der Waals surface area (Å²) < 4.78 is 5.34. The number of nitro benzene ring substituents is 1. The maximum atomic E-state index is 11.4. The number of esters is 1. The van der Waals surface area contributed by atoms with Gasteiger partial charge < -0.3 is 4.74 Å². The highest BCUT2D eigenvalue weighted by Crippen LogP contribution is 2.37. The highest BCUT2D eigenvalue weighted by molar-refractivity contribution is 9.10. The van der Waals surface area contributed by atoms with Crippen LogP contribution in [-0.4, -0.2) is 18.0 Å². The second-order valence-corrected chi connectivity index (χ2v) is 5.21. The summed E-state index contributed by atoms with van der Waals surface area (Å²) in [7, 11) is 1.23. The first-order valence-electron chi connectivity index (χ1n) is 5.13. The fourth-order valence-electron chi connectivity index (χ4n) is 1.63. The molecule has 7 heteroatoms. The molecule has 0 atom stereocenters. The highest BCUT2D eigenvalue weighted by Gasteiger charge is 2.20. The van der Waals surface area contributed by atoms with Crippen LogP contribution in [0.25, 0.3) is 11.1 Å². The molecule has 0 spiro atoms. The SMILES string of the molecule is COC(=O)c1ccc(-c2cscc2Br)c([N+](=O)[O-])c1. The molecule has 0 saturated heterocycles. The molecule has 2 aromatic rings. The predicted molar refractivity (Wildman–Crippen MR) is 75.4 cm³/mol. The Balaban J connectivity index is 2.60. The van der Waals surface area contributed by atoms with Gasteiger partial charge in [0, 0.05) is 21.5 Å². The molecular formula is C12H8BrNO4S. The summed E-state index contributed by atoms with van der Waals surface area (Å²) in [5.74, 6) is -0.598. The van der Waals surface area contributed by atoms with Crippen molar-refractivity contribution in [1.29, 1.82) is 0 Å². The van der Waals surface area contributed by atoms with Gasteiger partial charge in [-0.3, -0.25) is 10.1 Å². The topological polar surface area (TPSA) is 69.4 Å². The molecule has 0 unspecified atom stereocenters. The zero-order chi connectivity index (χ0) is 14.0. The van der Waals surface area contributed by atoms with Crippen LogP contribution in [0.3, 0.4) is 0 Å². The number of methoxy groups -OCH3 is 1. The number of nitro groups is 1. The number of hydrogen-bond donors (Lipinski definition) is 0. The molecule has 0 fully saturated rings. The molecule has 0 radical (unpaired) electrons. The van der Waals surface area contributed by atoms with Crippen LogP contribution in [-0.2, 0) is 4.74 Å². The van der Waals surface area contributed by atoms with E-state index in [1.54, 1.807) is 6.07 Å². The number of halogens is 1. The maximum absolute atomic E-state index is 11.4. The van der Waals surface area contributed by atoms with E-state index in [1.165, 1.54) is 30.6 Å². The minimum Gasteiger partial charge on any atom is -0.465 e. The van der Waals surface area contributed by atoms with Crippen molar-refractivity contribution in [2.75, 3.05) is 7.11 Å². The number of hydrogen-bond acceptors (Lipinski definition) is 5. The van der Waals surface area contributed by atoms with Crippen molar-refractivity contribution in [3.05, 3.63) is 49.1 Å². The number of benzene rings is 1. The molecule has 0 saturated carbocycles. The van der Waals surface area contributed by atoms with Crippen LogP contribution in [0.2, 0.25) is 0 Å². The van der Waals surface area contributed by atoms with Gasteiger partial charge in [-0.25, -0.2) is 4.79 Å². The minimum absolute atomic E-state index is 0.123. The summed E-state index contributed by atoms with van der Waals surface area (Å²) in [6.07, 6.45) is 0. The average Bonchev–Trinajstić information content (AvgIpc) is 2.83. The maximum Gasteiger partial charge on any atom is 0.338 e. The molecule has 98 valence electrons. The number of rotatable bonds is 3. The fraction of sp³-hybridized carbons (Fsp3) is 0.0833. The molecule has 2 rings (SSSR count). The van der Waals surface area contributed by atoms with Crippen LogP contribution in [0, 0.1) is 10.1 Å². The molecule has 1 heterocycles. The van der Waals surface area contributed by atoms with E-state index < -0.39 is 10.9 Å². The Morgan fingerprint density at radius 3 is 2.63 bits per heavy atom. The number of ether oxygens (including phenoxy) is 1. The summed E-state index contributed by atoms with van der Waals surface area (Å²) in [5.41, 5.74) is 1.23. The Morgan fingerprint density at radius 1 is 1.37 bits per heavy atom. The molecule has 0 N–H and O–H groups in total. The minimum atomic E-state index is -0.598. The van der Waals surface area contributed by atoms with Gasteiger partial charge in [-0.2, -0.15) is 11.3 Å². The van der Waals surface area contributed by atoms with Crippen molar-refractivity contribution in [1.82, 2.24) is 0 Å². The van der Waals surface area contributed by atoms with Crippen LogP contribution in [0.4, 0.5) is 5.69 Å². The molecule has 19 heavy (non-hydrogen) atoms. The van der Waals surface area contributed by atoms with Crippen molar-refractivity contribution in [3.8, 4) is 11.1 Å². The van der Waals surface area contributed by atoms with Crippen molar-refractivity contribution in [2.45, 2.75) is 0 Å². The van der Waals surface area contributed by atoms with Gasteiger partial charge in [-0.15, -0.1) is 0 Å². The second kappa shape index (κ2) is 5.50. The van der Waals surface area contributed by atoms with Crippen LogP contribution < -0.4 is 0 Å². The van der Waals surface area contributed by atoms with Crippen molar-refractivity contribution in [3.63, 3.8) is 0 Å². The average molecular weight is 342 g/mol. The number of thiophene rings is 1. The molecule has 0 aliphatic rings. The number of nitrogens with zero attached hydrogens (tertiary/aromatic N) is 1. The van der Waals surface area contributed by atoms with Crippen LogP contribution in [0.5, 0.6) is 0 Å². The van der Waals surface area contributed by atoms with E-state index in [2.05, 4.69) is 20.7 Å². The third-order valence-corrected chi connectivity index (χ3v) is 4.22. The number of carbonyl (C=O) groups is 1. The van der Waals surface area contributed by atoms with Gasteiger partial charge in [0.2, 0.25) is 0 Å².